The predicted octanol–water partition coefficient (Wildman–Crippen LogP) is 4.88. The number of fused-ring (bicyclic) bond motifs is 1. The lowest BCUT2D eigenvalue weighted by Gasteiger charge is -2.24. The number of hydrogen-bond acceptors (Lipinski definition) is 5. The molecule has 4 rings (SSSR count). The van der Waals surface area contributed by atoms with Crippen molar-refractivity contribution >= 4 is 23.6 Å². The van der Waals surface area contributed by atoms with Crippen molar-refractivity contribution in [3.63, 3.8) is 0 Å². The zero-order valence-electron chi connectivity index (χ0n) is 21.7. The highest BCUT2D eigenvalue weighted by Crippen LogP contribution is 2.44. The Morgan fingerprint density at radius 1 is 1.13 bits per heavy atom. The number of benzene rings is 2. The van der Waals surface area contributed by atoms with Gasteiger partial charge in [-0.1, -0.05) is 24.3 Å². The molecule has 39 heavy (non-hydrogen) atoms. The molecule has 1 unspecified atom stereocenters. The van der Waals surface area contributed by atoms with Gasteiger partial charge in [-0.25, -0.2) is 4.79 Å². The first-order valence-electron chi connectivity index (χ1n) is 12.5. The molecule has 0 aromatic heterocycles. The quantitative estimate of drug-likeness (QED) is 0.377. The minimum absolute atomic E-state index is 0.0266. The number of aliphatic hydroxyl groups excluding tert-OH is 1. The first-order chi connectivity index (χ1) is 18.1. The summed E-state index contributed by atoms with van der Waals surface area (Å²) in [5.41, 5.74) is -0.115. The van der Waals surface area contributed by atoms with E-state index < -0.39 is 40.9 Å². The molecule has 3 amide bonds. The molecule has 1 heterocycles. The molecule has 0 bridgehead atoms. The van der Waals surface area contributed by atoms with Crippen molar-refractivity contribution < 1.29 is 37.4 Å². The second-order valence-electron chi connectivity index (χ2n) is 10.8. The van der Waals surface area contributed by atoms with Crippen LogP contribution in [0.5, 0.6) is 0 Å². The number of carbonyl (C=O) groups is 3. The fraction of sp³-hybridized carbons (Fsp3) is 0.393. The van der Waals surface area contributed by atoms with Crippen LogP contribution >= 0.6 is 0 Å². The third kappa shape index (κ3) is 6.90. The van der Waals surface area contributed by atoms with Crippen LogP contribution in [-0.2, 0) is 38.9 Å². The lowest BCUT2D eigenvalue weighted by molar-refractivity contribution is -0.137. The molecule has 2 aliphatic rings. The van der Waals surface area contributed by atoms with Crippen LogP contribution in [0.3, 0.4) is 0 Å². The number of aliphatic hydroxyl groups is 1. The van der Waals surface area contributed by atoms with E-state index in [-0.39, 0.29) is 37.3 Å². The maximum atomic E-state index is 12.9. The molecule has 0 saturated heterocycles. The highest BCUT2D eigenvalue weighted by Gasteiger charge is 2.48. The number of carbonyl (C=O) groups excluding carboxylic acids is 3. The van der Waals surface area contributed by atoms with Gasteiger partial charge in [0.2, 0.25) is 11.8 Å². The lowest BCUT2D eigenvalue weighted by Crippen LogP contribution is -2.42. The first-order valence-corrected chi connectivity index (χ1v) is 12.5. The summed E-state index contributed by atoms with van der Waals surface area (Å²) in [5.74, 6) is -0.570. The molecule has 0 fully saturated rings. The summed E-state index contributed by atoms with van der Waals surface area (Å²) in [6.45, 7) is 5.10. The lowest BCUT2D eigenvalue weighted by atomic mass is 9.97. The normalized spacial score (nSPS) is 18.9. The molecule has 8 nitrogen and oxygen atoms in total. The van der Waals surface area contributed by atoms with Crippen LogP contribution in [0.4, 0.5) is 23.7 Å². The summed E-state index contributed by atoms with van der Waals surface area (Å²) in [6.07, 6.45) is -3.19. The van der Waals surface area contributed by atoms with Crippen molar-refractivity contribution in [2.75, 3.05) is 5.32 Å². The number of alkyl carbamates (subject to hydrolysis) is 1. The Labute approximate surface area is 223 Å². The van der Waals surface area contributed by atoms with Gasteiger partial charge in [-0.05, 0) is 74.6 Å². The second-order valence-corrected chi connectivity index (χ2v) is 10.8. The molecular weight excluding hydrogens is 515 g/mol. The van der Waals surface area contributed by atoms with Crippen LogP contribution in [0, 0.1) is 0 Å². The van der Waals surface area contributed by atoms with E-state index in [0.29, 0.717) is 16.8 Å². The van der Waals surface area contributed by atoms with Crippen molar-refractivity contribution in [2.45, 2.75) is 69.8 Å². The van der Waals surface area contributed by atoms with Crippen LogP contribution in [0.1, 0.15) is 55.9 Å². The minimum Gasteiger partial charge on any atom is -0.509 e. The van der Waals surface area contributed by atoms with Gasteiger partial charge in [0.15, 0.2) is 0 Å². The number of hydrogen-bond donors (Lipinski definition) is 4. The first kappa shape index (κ1) is 28.0. The second kappa shape index (κ2) is 10.3. The van der Waals surface area contributed by atoms with E-state index in [0.717, 1.165) is 17.7 Å². The van der Waals surface area contributed by atoms with E-state index >= 15 is 0 Å². The Morgan fingerprint density at radius 3 is 2.38 bits per heavy atom. The monoisotopic (exact) mass is 545 g/mol. The molecule has 11 heteroatoms. The molecule has 0 radical (unpaired) electrons. The Kier molecular flexibility index (Phi) is 7.38. The van der Waals surface area contributed by atoms with Gasteiger partial charge in [0, 0.05) is 18.2 Å². The maximum Gasteiger partial charge on any atom is 0.416 e. The number of amides is 3. The van der Waals surface area contributed by atoms with E-state index in [9.17, 15) is 32.7 Å². The summed E-state index contributed by atoms with van der Waals surface area (Å²) in [6, 6.07) is 9.18. The summed E-state index contributed by atoms with van der Waals surface area (Å²) in [7, 11) is 0. The fourth-order valence-electron chi connectivity index (χ4n) is 4.45. The maximum absolute atomic E-state index is 12.9. The molecule has 1 aliphatic heterocycles. The van der Waals surface area contributed by atoms with Crippen LogP contribution in [0.15, 0.2) is 54.3 Å². The Morgan fingerprint density at radius 2 is 1.79 bits per heavy atom. The van der Waals surface area contributed by atoms with Gasteiger partial charge in [-0.3, -0.25) is 9.59 Å². The van der Waals surface area contributed by atoms with E-state index in [1.165, 1.54) is 18.2 Å². The van der Waals surface area contributed by atoms with Crippen LogP contribution in [-0.4, -0.2) is 34.7 Å². The van der Waals surface area contributed by atoms with Crippen molar-refractivity contribution in [1.82, 2.24) is 10.6 Å². The van der Waals surface area contributed by atoms with Gasteiger partial charge in [0.05, 0.1) is 12.0 Å². The number of anilines is 1. The standard InChI is InChI=1S/C28H30F3N3O5/c1-26(2,3)39-25(38)32-20(12-16-4-6-18(7-5-16)28(29,30)31)9-11-23(36)34-27(15-22(27)35)19-8-10-21-17(13-19)14-24(37)33-21/h4-8,10,13,15,20,35H,9,11-12,14H2,1-3H3,(H,32,38)(H,33,37)(H,34,36)/t20-,27?/m1/s1. The molecule has 0 saturated carbocycles. The smallest absolute Gasteiger partial charge is 0.416 e. The average molecular weight is 546 g/mol. The number of nitrogens with one attached hydrogen (secondary N) is 3. The largest absolute Gasteiger partial charge is 0.509 e. The third-order valence-corrected chi connectivity index (χ3v) is 6.40. The Hall–Kier alpha value is -4.02. The van der Waals surface area contributed by atoms with Gasteiger partial charge in [-0.2, -0.15) is 13.2 Å². The molecule has 4 N–H and O–H groups in total. The number of alkyl halides is 3. The van der Waals surface area contributed by atoms with Crippen LogP contribution < -0.4 is 16.0 Å². The number of rotatable bonds is 8. The van der Waals surface area contributed by atoms with Gasteiger partial charge in [0.25, 0.3) is 0 Å². The van der Waals surface area contributed by atoms with Crippen molar-refractivity contribution in [3.05, 3.63) is 76.6 Å². The highest BCUT2D eigenvalue weighted by atomic mass is 19.4. The summed E-state index contributed by atoms with van der Waals surface area (Å²) < 4.78 is 44.1. The minimum atomic E-state index is -4.46. The predicted molar refractivity (Wildman–Crippen MR) is 137 cm³/mol. The average Bonchev–Trinajstić information content (AvgIpc) is 3.29. The van der Waals surface area contributed by atoms with Gasteiger partial charge >= 0.3 is 12.3 Å². The molecule has 2 aromatic carbocycles. The molecule has 208 valence electrons. The van der Waals surface area contributed by atoms with Crippen molar-refractivity contribution in [2.24, 2.45) is 0 Å². The Balaban J connectivity index is 1.42. The van der Waals surface area contributed by atoms with Gasteiger partial charge in [0.1, 0.15) is 16.9 Å². The fourth-order valence-corrected chi connectivity index (χ4v) is 4.45. The van der Waals surface area contributed by atoms with Crippen LogP contribution in [0.2, 0.25) is 0 Å². The molecule has 2 atom stereocenters. The third-order valence-electron chi connectivity index (χ3n) is 6.40. The summed E-state index contributed by atoms with van der Waals surface area (Å²) >= 11 is 0. The molecule has 2 aromatic rings. The van der Waals surface area contributed by atoms with E-state index in [2.05, 4.69) is 16.0 Å². The number of halogens is 3. The van der Waals surface area contributed by atoms with Crippen molar-refractivity contribution in [1.29, 1.82) is 0 Å². The van der Waals surface area contributed by atoms with E-state index in [1.807, 2.05) is 0 Å². The molecular formula is C28H30F3N3O5. The molecule has 0 spiro atoms. The van der Waals surface area contributed by atoms with E-state index in [4.69, 9.17) is 4.74 Å². The molecule has 1 aliphatic carbocycles. The van der Waals surface area contributed by atoms with Gasteiger partial charge in [-0.15, -0.1) is 0 Å². The topological polar surface area (TPSA) is 117 Å². The zero-order chi connectivity index (χ0) is 28.6. The zero-order valence-corrected chi connectivity index (χ0v) is 21.7. The van der Waals surface area contributed by atoms with E-state index in [1.54, 1.807) is 39.0 Å². The summed E-state index contributed by atoms with van der Waals surface area (Å²) in [4.78, 5) is 37.0. The van der Waals surface area contributed by atoms with Crippen LogP contribution in [0.25, 0.3) is 0 Å². The van der Waals surface area contributed by atoms with Gasteiger partial charge < -0.3 is 25.8 Å². The highest BCUT2D eigenvalue weighted by molar-refractivity contribution is 5.99. The summed E-state index contributed by atoms with van der Waals surface area (Å²) in [5, 5.41) is 18.5. The number of ether oxygens (including phenoxy) is 1. The SMILES string of the molecule is CC(C)(C)OC(=O)N[C@H](CCC(=O)NC1(c2ccc3c(c2)CC(=O)N3)C=C1O)Cc1ccc(C(F)(F)F)cc1. The van der Waals surface area contributed by atoms with Crippen molar-refractivity contribution in [3.8, 4) is 0 Å². The Bertz CT molecular complexity index is 1320.